The Morgan fingerprint density at radius 2 is 2.00 bits per heavy atom. The SMILES string of the molecule is O=C([O-])c1ccc(F)c([N+](=O)[O-])c1Cl.[Na+]. The Labute approximate surface area is 110 Å². The van der Waals surface area contributed by atoms with Crippen LogP contribution in [0.2, 0.25) is 5.02 Å². The first-order valence-corrected chi connectivity index (χ1v) is 3.66. The molecule has 1 aromatic rings. The van der Waals surface area contributed by atoms with Gasteiger partial charge in [0.1, 0.15) is 5.02 Å². The van der Waals surface area contributed by atoms with Crippen molar-refractivity contribution >= 4 is 23.3 Å². The van der Waals surface area contributed by atoms with Crippen LogP contribution in [0.1, 0.15) is 10.4 Å². The fourth-order valence-electron chi connectivity index (χ4n) is 0.866. The molecule has 0 aliphatic carbocycles. The summed E-state index contributed by atoms with van der Waals surface area (Å²) in [5.74, 6) is -2.89. The Kier molecular flexibility index (Phi) is 5.16. The van der Waals surface area contributed by atoms with Crippen molar-refractivity contribution in [2.75, 3.05) is 0 Å². The second-order valence-corrected chi connectivity index (χ2v) is 2.68. The van der Waals surface area contributed by atoms with Gasteiger partial charge in [0.25, 0.3) is 0 Å². The van der Waals surface area contributed by atoms with Crippen molar-refractivity contribution in [2.24, 2.45) is 0 Å². The fraction of sp³-hybridized carbons (Fsp3) is 0. The van der Waals surface area contributed by atoms with E-state index in [0.717, 1.165) is 6.07 Å². The van der Waals surface area contributed by atoms with E-state index in [-0.39, 0.29) is 29.6 Å². The number of benzene rings is 1. The molecule has 0 fully saturated rings. The van der Waals surface area contributed by atoms with Crippen LogP contribution in [-0.2, 0) is 0 Å². The van der Waals surface area contributed by atoms with E-state index in [1.165, 1.54) is 0 Å². The molecule has 0 spiro atoms. The molecule has 0 N–H and O–H groups in total. The van der Waals surface area contributed by atoms with Crippen molar-refractivity contribution in [3.8, 4) is 0 Å². The van der Waals surface area contributed by atoms with Gasteiger partial charge in [-0.1, -0.05) is 11.6 Å². The third-order valence-corrected chi connectivity index (χ3v) is 1.85. The normalized spacial score (nSPS) is 9.20. The van der Waals surface area contributed by atoms with Gasteiger partial charge in [0.2, 0.25) is 5.82 Å². The smallest absolute Gasteiger partial charge is 0.545 e. The average molecular weight is 242 g/mol. The zero-order valence-electron chi connectivity index (χ0n) is 7.49. The van der Waals surface area contributed by atoms with Crippen molar-refractivity contribution in [3.05, 3.63) is 38.7 Å². The number of carbonyl (C=O) groups is 1. The van der Waals surface area contributed by atoms with Crippen LogP contribution >= 0.6 is 11.6 Å². The Morgan fingerprint density at radius 3 is 2.40 bits per heavy atom. The average Bonchev–Trinajstić information content (AvgIpc) is 2.02. The molecule has 0 radical (unpaired) electrons. The van der Waals surface area contributed by atoms with Gasteiger partial charge < -0.3 is 9.90 Å². The third kappa shape index (κ3) is 2.88. The van der Waals surface area contributed by atoms with E-state index < -0.39 is 33.0 Å². The molecule has 0 saturated carbocycles. The summed E-state index contributed by atoms with van der Waals surface area (Å²) < 4.78 is 12.8. The molecule has 0 aromatic heterocycles. The number of hydrogen-bond acceptors (Lipinski definition) is 4. The minimum atomic E-state index is -1.70. The molecule has 0 aliphatic rings. The van der Waals surface area contributed by atoms with Gasteiger partial charge in [-0.3, -0.25) is 10.1 Å². The Hall–Kier alpha value is -0.690. The predicted molar refractivity (Wildman–Crippen MR) is 42.4 cm³/mol. The summed E-state index contributed by atoms with van der Waals surface area (Å²) in [5.41, 5.74) is -1.67. The van der Waals surface area contributed by atoms with E-state index in [0.29, 0.717) is 6.07 Å². The Morgan fingerprint density at radius 1 is 1.47 bits per heavy atom. The summed E-state index contributed by atoms with van der Waals surface area (Å²) in [6.07, 6.45) is 0. The molecule has 0 amide bonds. The van der Waals surface area contributed by atoms with Crippen molar-refractivity contribution in [1.82, 2.24) is 0 Å². The number of nitro benzene ring substituents is 1. The van der Waals surface area contributed by atoms with E-state index in [9.17, 15) is 24.4 Å². The van der Waals surface area contributed by atoms with Gasteiger partial charge in [-0.05, 0) is 12.1 Å². The first kappa shape index (κ1) is 14.3. The van der Waals surface area contributed by atoms with Gasteiger partial charge in [0.15, 0.2) is 0 Å². The second-order valence-electron chi connectivity index (χ2n) is 2.30. The molecule has 0 saturated heterocycles. The molecule has 0 atom stereocenters. The quantitative estimate of drug-likeness (QED) is 0.333. The first-order chi connectivity index (χ1) is 6.45. The monoisotopic (exact) mass is 241 g/mol. The molecule has 8 heteroatoms. The van der Waals surface area contributed by atoms with Crippen LogP contribution in [0.25, 0.3) is 0 Å². The number of carbonyl (C=O) groups excluding carboxylic acids is 1. The van der Waals surface area contributed by atoms with Crippen LogP contribution in [0.3, 0.4) is 0 Å². The number of hydrogen-bond donors (Lipinski definition) is 0. The molecule has 1 aromatic carbocycles. The van der Waals surface area contributed by atoms with Gasteiger partial charge in [-0.2, -0.15) is 4.39 Å². The molecule has 5 nitrogen and oxygen atoms in total. The van der Waals surface area contributed by atoms with Gasteiger partial charge in [-0.25, -0.2) is 0 Å². The number of carboxylic acid groups (broad SMARTS) is 1. The van der Waals surface area contributed by atoms with Crippen LogP contribution in [0.15, 0.2) is 12.1 Å². The number of rotatable bonds is 2. The van der Waals surface area contributed by atoms with Crippen molar-refractivity contribution in [2.45, 2.75) is 0 Å². The van der Waals surface area contributed by atoms with Crippen LogP contribution in [0.5, 0.6) is 0 Å². The maximum absolute atomic E-state index is 12.8. The minimum absolute atomic E-state index is 0. The number of carboxylic acids is 1. The van der Waals surface area contributed by atoms with E-state index >= 15 is 0 Å². The van der Waals surface area contributed by atoms with Gasteiger partial charge in [0, 0.05) is 5.56 Å². The molecule has 74 valence electrons. The molecule has 0 aliphatic heterocycles. The summed E-state index contributed by atoms with van der Waals surface area (Å²) in [6.45, 7) is 0. The van der Waals surface area contributed by atoms with Crippen LogP contribution in [-0.4, -0.2) is 10.9 Å². The van der Waals surface area contributed by atoms with E-state index in [1.807, 2.05) is 0 Å². The maximum atomic E-state index is 12.8. The molecular weight excluding hydrogens is 240 g/mol. The Bertz CT molecular complexity index is 426. The zero-order valence-corrected chi connectivity index (χ0v) is 10.2. The van der Waals surface area contributed by atoms with Crippen LogP contribution < -0.4 is 34.7 Å². The molecule has 1 rings (SSSR count). The maximum Gasteiger partial charge on any atom is 1.00 e. The number of nitrogens with zero attached hydrogens (tertiary/aromatic N) is 1. The van der Waals surface area contributed by atoms with Crippen molar-refractivity contribution < 1.29 is 48.8 Å². The molecule has 15 heavy (non-hydrogen) atoms. The molecule has 0 heterocycles. The fourth-order valence-corrected chi connectivity index (χ4v) is 1.17. The third-order valence-electron chi connectivity index (χ3n) is 1.47. The summed E-state index contributed by atoms with van der Waals surface area (Å²) in [4.78, 5) is 19.6. The predicted octanol–water partition coefficient (Wildman–Crippen LogP) is -2.25. The first-order valence-electron chi connectivity index (χ1n) is 3.29. The Balaban J connectivity index is 0.00000196. The molecular formula is C7H2ClFNNaO4. The summed E-state index contributed by atoms with van der Waals surface area (Å²) in [5, 5.41) is 19.9. The largest absolute Gasteiger partial charge is 1.00 e. The number of halogens is 2. The van der Waals surface area contributed by atoms with Crippen molar-refractivity contribution in [1.29, 1.82) is 0 Å². The van der Waals surface area contributed by atoms with Gasteiger partial charge in [0.05, 0.1) is 10.9 Å². The molecule has 0 bridgehead atoms. The number of aromatic carboxylic acids is 1. The van der Waals surface area contributed by atoms with E-state index in [1.54, 1.807) is 0 Å². The standard InChI is InChI=1S/C7H3ClFNO4.Na/c8-5-3(7(11)12)1-2-4(9)6(5)10(13)14;/h1-2H,(H,11,12);/q;+1/p-1. The van der Waals surface area contributed by atoms with E-state index in [2.05, 4.69) is 0 Å². The van der Waals surface area contributed by atoms with Crippen molar-refractivity contribution in [3.63, 3.8) is 0 Å². The summed E-state index contributed by atoms with van der Waals surface area (Å²) in [7, 11) is 0. The van der Waals surface area contributed by atoms with Gasteiger partial charge in [-0.15, -0.1) is 0 Å². The zero-order chi connectivity index (χ0) is 10.9. The number of nitro groups is 1. The van der Waals surface area contributed by atoms with Gasteiger partial charge >= 0.3 is 35.2 Å². The second kappa shape index (κ2) is 5.41. The topological polar surface area (TPSA) is 83.3 Å². The minimum Gasteiger partial charge on any atom is -0.545 e. The molecule has 0 unspecified atom stereocenters. The van der Waals surface area contributed by atoms with Crippen LogP contribution in [0, 0.1) is 15.9 Å². The van der Waals surface area contributed by atoms with Crippen LogP contribution in [0.4, 0.5) is 10.1 Å². The summed E-state index contributed by atoms with van der Waals surface area (Å²) >= 11 is 5.30. The van der Waals surface area contributed by atoms with E-state index in [4.69, 9.17) is 11.6 Å². The summed E-state index contributed by atoms with van der Waals surface area (Å²) in [6, 6.07) is 1.45.